The van der Waals surface area contributed by atoms with E-state index in [1.807, 2.05) is 0 Å². The molecular weight excluding hydrogens is 413 g/mol. The molecular formula is C21H23ClFN3O4. The first kappa shape index (κ1) is 20.7. The van der Waals surface area contributed by atoms with Crippen LogP contribution in [0, 0.1) is 5.82 Å². The Kier molecular flexibility index (Phi) is 5.48. The highest BCUT2D eigenvalue weighted by Crippen LogP contribution is 2.34. The molecule has 1 saturated heterocycles. The molecule has 0 aromatic heterocycles. The lowest BCUT2D eigenvalue weighted by Crippen LogP contribution is -2.58. The zero-order valence-corrected chi connectivity index (χ0v) is 17.2. The maximum atomic E-state index is 14.2. The van der Waals surface area contributed by atoms with Gasteiger partial charge in [-0.25, -0.2) is 9.18 Å². The topological polar surface area (TPSA) is 85.3 Å². The second kappa shape index (κ2) is 7.94. The Morgan fingerprint density at radius 2 is 2.17 bits per heavy atom. The fraction of sp³-hybridized carbons (Fsp3) is 0.381. The van der Waals surface area contributed by atoms with Gasteiger partial charge in [0.2, 0.25) is 0 Å². The zero-order chi connectivity index (χ0) is 21.5. The van der Waals surface area contributed by atoms with Gasteiger partial charge in [-0.1, -0.05) is 17.7 Å². The predicted molar refractivity (Wildman–Crippen MR) is 112 cm³/mol. The Bertz CT molecular complexity index is 975. The molecule has 30 heavy (non-hydrogen) atoms. The van der Waals surface area contributed by atoms with E-state index >= 15 is 0 Å². The van der Waals surface area contributed by atoms with Crippen molar-refractivity contribution in [2.24, 2.45) is 0 Å². The number of halogens is 2. The molecule has 0 aliphatic carbocycles. The minimum absolute atomic E-state index is 0.0596. The van der Waals surface area contributed by atoms with Crippen molar-refractivity contribution < 1.29 is 24.1 Å². The molecule has 2 aliphatic heterocycles. The summed E-state index contributed by atoms with van der Waals surface area (Å²) in [5.41, 5.74) is 0.318. The number of hydrogen-bond acceptors (Lipinski definition) is 5. The van der Waals surface area contributed by atoms with Gasteiger partial charge in [-0.15, -0.1) is 0 Å². The van der Waals surface area contributed by atoms with Crippen LogP contribution >= 0.6 is 11.6 Å². The van der Waals surface area contributed by atoms with E-state index in [1.54, 1.807) is 42.3 Å². The van der Waals surface area contributed by atoms with E-state index in [9.17, 15) is 19.4 Å². The molecule has 160 valence electrons. The summed E-state index contributed by atoms with van der Waals surface area (Å²) >= 11 is 5.81. The number of aliphatic hydroxyl groups is 2. The second-order valence-corrected chi connectivity index (χ2v) is 8.20. The maximum absolute atomic E-state index is 14.2. The van der Waals surface area contributed by atoms with Crippen LogP contribution in [-0.4, -0.2) is 59.6 Å². The van der Waals surface area contributed by atoms with Crippen LogP contribution in [0.2, 0.25) is 5.02 Å². The van der Waals surface area contributed by atoms with Crippen LogP contribution in [0.4, 0.5) is 20.6 Å². The number of β-amino-alcohol motifs (C(OH)–C–C–N with tert-alkyl or cyclic N) is 1. The number of urea groups is 1. The molecule has 9 heteroatoms. The van der Waals surface area contributed by atoms with Gasteiger partial charge in [0.25, 0.3) is 0 Å². The first-order valence-electron chi connectivity index (χ1n) is 9.64. The zero-order valence-electron chi connectivity index (χ0n) is 16.4. The first-order chi connectivity index (χ1) is 14.3. The number of carbonyl (C=O) groups is 1. The monoisotopic (exact) mass is 435 g/mol. The molecule has 2 heterocycles. The van der Waals surface area contributed by atoms with Crippen molar-refractivity contribution in [2.45, 2.75) is 24.7 Å². The van der Waals surface area contributed by atoms with E-state index in [1.165, 1.54) is 11.0 Å². The summed E-state index contributed by atoms with van der Waals surface area (Å²) in [4.78, 5) is 15.0. The largest absolute Gasteiger partial charge is 0.490 e. The number of nitrogens with one attached hydrogen (secondary N) is 1. The summed E-state index contributed by atoms with van der Waals surface area (Å²) < 4.78 is 20.1. The van der Waals surface area contributed by atoms with Gasteiger partial charge < -0.3 is 30.1 Å². The number of nitrogens with zero attached hydrogens (tertiary/aromatic N) is 2. The van der Waals surface area contributed by atoms with Crippen molar-refractivity contribution in [3.63, 3.8) is 0 Å². The molecule has 1 fully saturated rings. The third kappa shape index (κ3) is 3.90. The Balaban J connectivity index is 1.45. The van der Waals surface area contributed by atoms with Crippen LogP contribution in [0.1, 0.15) is 12.0 Å². The van der Waals surface area contributed by atoms with Crippen LogP contribution in [0.5, 0.6) is 5.75 Å². The van der Waals surface area contributed by atoms with E-state index in [-0.39, 0.29) is 25.6 Å². The van der Waals surface area contributed by atoms with Gasteiger partial charge in [0.1, 0.15) is 29.9 Å². The molecule has 2 aromatic carbocycles. The molecule has 2 amide bonds. The van der Waals surface area contributed by atoms with E-state index in [0.29, 0.717) is 35.2 Å². The summed E-state index contributed by atoms with van der Waals surface area (Å²) in [7, 11) is 1.68. The number of ether oxygens (including phenoxy) is 1. The smallest absolute Gasteiger partial charge is 0.321 e. The second-order valence-electron chi connectivity index (χ2n) is 7.77. The molecule has 0 bridgehead atoms. The molecule has 3 N–H and O–H groups in total. The van der Waals surface area contributed by atoms with Gasteiger partial charge in [-0.3, -0.25) is 0 Å². The normalized spacial score (nSPS) is 23.8. The molecule has 0 saturated carbocycles. The molecule has 0 spiro atoms. The van der Waals surface area contributed by atoms with Crippen molar-refractivity contribution in [1.82, 2.24) is 4.90 Å². The predicted octanol–water partition coefficient (Wildman–Crippen LogP) is 2.84. The van der Waals surface area contributed by atoms with E-state index < -0.39 is 17.5 Å². The molecule has 2 atom stereocenters. The van der Waals surface area contributed by atoms with E-state index in [0.717, 1.165) is 5.56 Å². The average Bonchev–Trinajstić information content (AvgIpc) is 2.70. The van der Waals surface area contributed by atoms with Crippen LogP contribution < -0.4 is 15.0 Å². The van der Waals surface area contributed by atoms with E-state index in [4.69, 9.17) is 16.3 Å². The molecule has 4 rings (SSSR count). The number of piperidine rings is 1. The van der Waals surface area contributed by atoms with Crippen LogP contribution in [0.25, 0.3) is 0 Å². The highest BCUT2D eigenvalue weighted by Gasteiger charge is 2.42. The van der Waals surface area contributed by atoms with Crippen LogP contribution in [0.15, 0.2) is 36.4 Å². The third-order valence-corrected chi connectivity index (χ3v) is 5.91. The van der Waals surface area contributed by atoms with Gasteiger partial charge >= 0.3 is 6.03 Å². The number of rotatable bonds is 4. The Morgan fingerprint density at radius 3 is 2.90 bits per heavy atom. The van der Waals surface area contributed by atoms with Crippen molar-refractivity contribution in [1.29, 1.82) is 0 Å². The van der Waals surface area contributed by atoms with Crippen molar-refractivity contribution in [3.8, 4) is 5.75 Å². The number of carbonyl (C=O) groups excluding carboxylic acids is 1. The summed E-state index contributed by atoms with van der Waals surface area (Å²) in [6, 6.07) is 9.48. The van der Waals surface area contributed by atoms with Crippen molar-refractivity contribution in [3.05, 3.63) is 52.8 Å². The molecule has 2 aromatic rings. The summed E-state index contributed by atoms with van der Waals surface area (Å²) in [6.45, 7) is 0.659. The van der Waals surface area contributed by atoms with Crippen LogP contribution in [0.3, 0.4) is 0 Å². The Labute approximate surface area is 178 Å². The fourth-order valence-corrected chi connectivity index (χ4v) is 3.95. The van der Waals surface area contributed by atoms with E-state index in [2.05, 4.69) is 5.32 Å². The summed E-state index contributed by atoms with van der Waals surface area (Å²) in [5, 5.41) is 24.7. The van der Waals surface area contributed by atoms with Crippen LogP contribution in [-0.2, 0) is 6.54 Å². The number of anilines is 2. The quantitative estimate of drug-likeness (QED) is 0.687. The SMILES string of the molecule is CN1Cc2c(cccc2OC[C@]2(O)CCN(c3ccc(Cl)cc3F)C[C@H]2O)NC1=O. The van der Waals surface area contributed by atoms with Crippen molar-refractivity contribution in [2.75, 3.05) is 37.0 Å². The third-order valence-electron chi connectivity index (χ3n) is 5.67. The first-order valence-corrected chi connectivity index (χ1v) is 10.0. The molecule has 0 unspecified atom stereocenters. The van der Waals surface area contributed by atoms with Gasteiger partial charge in [-0.05, 0) is 36.8 Å². The average molecular weight is 436 g/mol. The number of aliphatic hydroxyl groups excluding tert-OH is 1. The molecule has 2 aliphatic rings. The minimum Gasteiger partial charge on any atom is -0.490 e. The highest BCUT2D eigenvalue weighted by atomic mass is 35.5. The number of amides is 2. The van der Waals surface area contributed by atoms with Gasteiger partial charge in [0.05, 0.1) is 17.9 Å². The lowest BCUT2D eigenvalue weighted by Gasteiger charge is -2.42. The van der Waals surface area contributed by atoms with Crippen molar-refractivity contribution >= 4 is 29.0 Å². The molecule has 0 radical (unpaired) electrons. The minimum atomic E-state index is -1.48. The Hall–Kier alpha value is -2.55. The van der Waals surface area contributed by atoms with Gasteiger partial charge in [0.15, 0.2) is 0 Å². The summed E-state index contributed by atoms with van der Waals surface area (Å²) in [5.74, 6) is 0.0598. The lowest BCUT2D eigenvalue weighted by atomic mass is 9.89. The lowest BCUT2D eigenvalue weighted by molar-refractivity contribution is -0.109. The highest BCUT2D eigenvalue weighted by molar-refractivity contribution is 6.30. The van der Waals surface area contributed by atoms with Gasteiger partial charge in [-0.2, -0.15) is 0 Å². The standard InChI is InChI=1S/C21H23ClFN3O4/c1-25-10-14-16(24-20(25)28)3-2-4-18(14)30-12-21(29)7-8-26(11-19(21)27)17-6-5-13(22)9-15(17)23/h2-6,9,19,27,29H,7-8,10-12H2,1H3,(H,24,28)/t19-,21-/m1/s1. The molecule has 7 nitrogen and oxygen atoms in total. The van der Waals surface area contributed by atoms with Gasteiger partial charge in [0, 0.05) is 30.7 Å². The Morgan fingerprint density at radius 1 is 1.37 bits per heavy atom. The fourth-order valence-electron chi connectivity index (χ4n) is 3.79. The number of hydrogen-bond donors (Lipinski definition) is 3. The number of benzene rings is 2. The maximum Gasteiger partial charge on any atom is 0.321 e. The number of fused-ring (bicyclic) bond motifs is 1. The summed E-state index contributed by atoms with van der Waals surface area (Å²) in [6.07, 6.45) is -0.940.